The highest BCUT2D eigenvalue weighted by atomic mass is 19.4. The maximum atomic E-state index is 12.8. The Kier molecular flexibility index (Phi) is 4.93. The van der Waals surface area contributed by atoms with Gasteiger partial charge in [0.15, 0.2) is 0 Å². The van der Waals surface area contributed by atoms with Crippen molar-refractivity contribution in [2.75, 3.05) is 0 Å². The van der Waals surface area contributed by atoms with Gasteiger partial charge in [-0.3, -0.25) is 4.79 Å². The zero-order chi connectivity index (χ0) is 21.5. The summed E-state index contributed by atoms with van der Waals surface area (Å²) < 4.78 is 37.7. The van der Waals surface area contributed by atoms with Crippen LogP contribution in [0.5, 0.6) is 0 Å². The number of aryl methyl sites for hydroxylation is 2. The number of nitrogens with zero attached hydrogens (tertiary/aromatic N) is 1. The van der Waals surface area contributed by atoms with Crippen LogP contribution < -0.4 is 5.32 Å². The normalized spacial score (nSPS) is 20.8. The number of rotatable bonds is 3. The number of benzene rings is 2. The summed E-state index contributed by atoms with van der Waals surface area (Å²) >= 11 is 0. The van der Waals surface area contributed by atoms with Crippen molar-refractivity contribution < 1.29 is 18.0 Å². The molecule has 1 aliphatic carbocycles. The van der Waals surface area contributed by atoms with Crippen LogP contribution in [0.4, 0.5) is 13.2 Å². The number of carbonyl (C=O) groups is 1. The second kappa shape index (κ2) is 7.32. The third-order valence-electron chi connectivity index (χ3n) is 5.96. The van der Waals surface area contributed by atoms with E-state index in [0.717, 1.165) is 27.8 Å². The molecule has 1 N–H and O–H groups in total. The van der Waals surface area contributed by atoms with E-state index in [2.05, 4.69) is 5.32 Å². The standard InChI is InChI=1S/C24H21F3N2O/c1-15-2-5-17(6-3-15)20-13-23(29-22(30)21(20)14-28)11-18-7-4-16(10-19(18)12-23)8-9-24(25,26)27/h2-7,10H,8-9,11-13H2,1H3,(H,29,30). The van der Waals surface area contributed by atoms with Gasteiger partial charge < -0.3 is 5.32 Å². The van der Waals surface area contributed by atoms with Crippen LogP contribution in [0, 0.1) is 18.3 Å². The average molecular weight is 410 g/mol. The molecule has 0 fully saturated rings. The number of fused-ring (bicyclic) bond motifs is 1. The number of amides is 1. The lowest BCUT2D eigenvalue weighted by Crippen LogP contribution is -2.52. The minimum Gasteiger partial charge on any atom is -0.345 e. The van der Waals surface area contributed by atoms with Gasteiger partial charge in [-0.15, -0.1) is 0 Å². The lowest BCUT2D eigenvalue weighted by molar-refractivity contribution is -0.134. The van der Waals surface area contributed by atoms with Crippen LogP contribution in [0.2, 0.25) is 0 Å². The van der Waals surface area contributed by atoms with Crippen molar-refractivity contribution in [2.24, 2.45) is 0 Å². The van der Waals surface area contributed by atoms with Gasteiger partial charge in [-0.05, 0) is 60.4 Å². The third kappa shape index (κ3) is 3.97. The van der Waals surface area contributed by atoms with Crippen molar-refractivity contribution in [1.29, 1.82) is 5.26 Å². The predicted molar refractivity (Wildman–Crippen MR) is 107 cm³/mol. The molecule has 2 aromatic carbocycles. The fourth-order valence-electron chi connectivity index (χ4n) is 4.49. The van der Waals surface area contributed by atoms with Gasteiger partial charge in [0.1, 0.15) is 11.6 Å². The second-order valence-corrected chi connectivity index (χ2v) is 8.31. The third-order valence-corrected chi connectivity index (χ3v) is 5.96. The first-order valence-corrected chi connectivity index (χ1v) is 9.88. The van der Waals surface area contributed by atoms with Crippen molar-refractivity contribution in [3.63, 3.8) is 0 Å². The molecule has 0 bridgehead atoms. The number of carbonyl (C=O) groups excluding carboxylic acids is 1. The molecule has 3 nitrogen and oxygen atoms in total. The molecule has 30 heavy (non-hydrogen) atoms. The van der Waals surface area contributed by atoms with Crippen LogP contribution in [0.15, 0.2) is 48.0 Å². The fourth-order valence-corrected chi connectivity index (χ4v) is 4.49. The molecular weight excluding hydrogens is 389 g/mol. The van der Waals surface area contributed by atoms with E-state index in [0.29, 0.717) is 24.8 Å². The Balaban J connectivity index is 1.62. The van der Waals surface area contributed by atoms with Gasteiger partial charge in [0, 0.05) is 6.42 Å². The molecule has 2 aliphatic rings. The first kappa shape index (κ1) is 20.2. The van der Waals surface area contributed by atoms with E-state index in [4.69, 9.17) is 0 Å². The van der Waals surface area contributed by atoms with Crippen molar-refractivity contribution in [3.05, 3.63) is 75.9 Å². The quantitative estimate of drug-likeness (QED) is 0.788. The van der Waals surface area contributed by atoms with E-state index >= 15 is 0 Å². The van der Waals surface area contributed by atoms with E-state index in [1.54, 1.807) is 6.07 Å². The highest BCUT2D eigenvalue weighted by Crippen LogP contribution is 2.41. The monoisotopic (exact) mass is 410 g/mol. The fraction of sp³-hybridized carbons (Fsp3) is 0.333. The molecule has 6 heteroatoms. The minimum atomic E-state index is -4.18. The Morgan fingerprint density at radius 3 is 2.43 bits per heavy atom. The molecule has 1 spiro atoms. The van der Waals surface area contributed by atoms with E-state index in [-0.39, 0.29) is 17.9 Å². The van der Waals surface area contributed by atoms with E-state index < -0.39 is 18.1 Å². The summed E-state index contributed by atoms with van der Waals surface area (Å²) in [6.07, 6.45) is -3.43. The summed E-state index contributed by atoms with van der Waals surface area (Å²) in [6.45, 7) is 1.97. The summed E-state index contributed by atoms with van der Waals surface area (Å²) in [5.74, 6) is -0.385. The number of hydrogen-bond donors (Lipinski definition) is 1. The Morgan fingerprint density at radius 2 is 1.77 bits per heavy atom. The van der Waals surface area contributed by atoms with Crippen LogP contribution in [0.3, 0.4) is 0 Å². The summed E-state index contributed by atoms with van der Waals surface area (Å²) in [7, 11) is 0. The average Bonchev–Trinajstić information content (AvgIpc) is 3.02. The zero-order valence-electron chi connectivity index (χ0n) is 16.6. The Hall–Kier alpha value is -3.07. The molecule has 0 saturated carbocycles. The van der Waals surface area contributed by atoms with Crippen LogP contribution in [0.25, 0.3) is 5.57 Å². The molecule has 154 valence electrons. The minimum absolute atomic E-state index is 0.0523. The SMILES string of the molecule is Cc1ccc(C2=C(C#N)C(=O)NC3(C2)Cc2ccc(CCC(F)(F)F)cc2C3)cc1. The zero-order valence-corrected chi connectivity index (χ0v) is 16.6. The van der Waals surface area contributed by atoms with Crippen molar-refractivity contribution in [3.8, 4) is 6.07 Å². The Bertz CT molecular complexity index is 1080. The number of nitrogens with one attached hydrogen (secondary N) is 1. The number of alkyl halides is 3. The maximum absolute atomic E-state index is 12.8. The molecule has 1 heterocycles. The molecule has 0 radical (unpaired) electrons. The summed E-state index contributed by atoms with van der Waals surface area (Å²) in [5, 5.41) is 12.6. The number of halogens is 3. The highest BCUT2D eigenvalue weighted by molar-refractivity contribution is 6.07. The van der Waals surface area contributed by atoms with Crippen LogP contribution >= 0.6 is 0 Å². The molecule has 0 saturated heterocycles. The van der Waals surface area contributed by atoms with Crippen molar-refractivity contribution >= 4 is 11.5 Å². The van der Waals surface area contributed by atoms with E-state index in [9.17, 15) is 23.2 Å². The molecule has 1 amide bonds. The Morgan fingerprint density at radius 1 is 1.07 bits per heavy atom. The van der Waals surface area contributed by atoms with Gasteiger partial charge >= 0.3 is 6.18 Å². The summed E-state index contributed by atoms with van der Waals surface area (Å²) in [4.78, 5) is 12.8. The first-order valence-electron chi connectivity index (χ1n) is 9.88. The van der Waals surface area contributed by atoms with Crippen molar-refractivity contribution in [1.82, 2.24) is 5.32 Å². The molecule has 0 aromatic heterocycles. The number of hydrogen-bond acceptors (Lipinski definition) is 2. The van der Waals surface area contributed by atoms with Gasteiger partial charge in [-0.1, -0.05) is 48.0 Å². The van der Waals surface area contributed by atoms with E-state index in [1.807, 2.05) is 49.4 Å². The van der Waals surface area contributed by atoms with Gasteiger partial charge in [0.05, 0.1) is 5.54 Å². The molecule has 1 atom stereocenters. The predicted octanol–water partition coefficient (Wildman–Crippen LogP) is 4.82. The molecule has 1 unspecified atom stereocenters. The van der Waals surface area contributed by atoms with Crippen LogP contribution in [0.1, 0.15) is 40.7 Å². The van der Waals surface area contributed by atoms with Crippen LogP contribution in [-0.4, -0.2) is 17.6 Å². The largest absolute Gasteiger partial charge is 0.389 e. The van der Waals surface area contributed by atoms with E-state index in [1.165, 1.54) is 0 Å². The first-order chi connectivity index (χ1) is 14.2. The van der Waals surface area contributed by atoms with Crippen LogP contribution in [-0.2, 0) is 24.1 Å². The van der Waals surface area contributed by atoms with Gasteiger partial charge in [-0.25, -0.2) is 0 Å². The lowest BCUT2D eigenvalue weighted by atomic mass is 9.79. The van der Waals surface area contributed by atoms with Gasteiger partial charge in [-0.2, -0.15) is 18.4 Å². The summed E-state index contributed by atoms with van der Waals surface area (Å²) in [6, 6.07) is 15.2. The molecule has 2 aromatic rings. The van der Waals surface area contributed by atoms with Gasteiger partial charge in [0.2, 0.25) is 0 Å². The highest BCUT2D eigenvalue weighted by Gasteiger charge is 2.44. The second-order valence-electron chi connectivity index (χ2n) is 8.31. The topological polar surface area (TPSA) is 52.9 Å². The lowest BCUT2D eigenvalue weighted by Gasteiger charge is -2.36. The smallest absolute Gasteiger partial charge is 0.345 e. The molecule has 1 aliphatic heterocycles. The van der Waals surface area contributed by atoms with Gasteiger partial charge in [0.25, 0.3) is 5.91 Å². The Labute approximate surface area is 173 Å². The molecular formula is C24H21F3N2O. The van der Waals surface area contributed by atoms with Crippen molar-refractivity contribution in [2.45, 2.75) is 50.7 Å². The maximum Gasteiger partial charge on any atom is 0.389 e. The summed E-state index contributed by atoms with van der Waals surface area (Å²) in [5.41, 5.74) is 4.91. The number of nitriles is 1. The molecule has 4 rings (SSSR count).